The van der Waals surface area contributed by atoms with Crippen LogP contribution in [0, 0.1) is 0 Å². The summed E-state index contributed by atoms with van der Waals surface area (Å²) in [6.07, 6.45) is 7.35. The first kappa shape index (κ1) is 15.1. The van der Waals surface area contributed by atoms with Gasteiger partial charge in [0.2, 0.25) is 11.7 Å². The van der Waals surface area contributed by atoms with Crippen molar-refractivity contribution in [3.63, 3.8) is 0 Å². The highest BCUT2D eigenvalue weighted by Crippen LogP contribution is 2.42. The molecule has 2 saturated heterocycles. The molecule has 1 unspecified atom stereocenters. The maximum Gasteiger partial charge on any atom is 0.317 e. The van der Waals surface area contributed by atoms with E-state index >= 15 is 0 Å². The molecule has 126 valence electrons. The number of amides is 2. The van der Waals surface area contributed by atoms with Crippen molar-refractivity contribution in [1.29, 1.82) is 0 Å². The zero-order valence-corrected chi connectivity index (χ0v) is 13.7. The van der Waals surface area contributed by atoms with E-state index in [0.717, 1.165) is 31.2 Å². The van der Waals surface area contributed by atoms with Gasteiger partial charge < -0.3 is 14.7 Å². The van der Waals surface area contributed by atoms with Crippen LogP contribution < -0.4 is 5.32 Å². The number of piperidine rings is 1. The van der Waals surface area contributed by atoms with Crippen molar-refractivity contribution in [2.24, 2.45) is 0 Å². The first-order valence-electron chi connectivity index (χ1n) is 8.56. The molecule has 2 aliphatic heterocycles. The summed E-state index contributed by atoms with van der Waals surface area (Å²) in [5.74, 6) is 1.49. The molecule has 7 nitrogen and oxygen atoms in total. The lowest BCUT2D eigenvalue weighted by atomic mass is 9.91. The van der Waals surface area contributed by atoms with Crippen molar-refractivity contribution in [3.05, 3.63) is 30.4 Å². The van der Waals surface area contributed by atoms with E-state index in [-0.39, 0.29) is 24.0 Å². The summed E-state index contributed by atoms with van der Waals surface area (Å²) in [5.41, 5.74) is 0.857. The van der Waals surface area contributed by atoms with Gasteiger partial charge in [0.1, 0.15) is 0 Å². The van der Waals surface area contributed by atoms with Crippen LogP contribution in [0.5, 0.6) is 0 Å². The molecule has 3 atom stereocenters. The molecule has 0 saturated carbocycles. The standard InChI is InChI=1S/C17H21N5O2/c1-2-19-17(23)22-13-5-6-14(22)9-12(8-13)16-20-15(21-24-16)11-4-3-7-18-10-11/h3-4,7,10,12-14H,2,5-6,8-9H2,1H3,(H,19,23)/t12?,13-,14+. The molecule has 4 heterocycles. The predicted molar refractivity (Wildman–Crippen MR) is 87.2 cm³/mol. The molecule has 4 rings (SSSR count). The Hall–Kier alpha value is -2.44. The molecule has 0 aromatic carbocycles. The van der Waals surface area contributed by atoms with Crippen LogP contribution >= 0.6 is 0 Å². The molecule has 0 radical (unpaired) electrons. The van der Waals surface area contributed by atoms with Gasteiger partial charge in [0.25, 0.3) is 0 Å². The third-order valence-corrected chi connectivity index (χ3v) is 5.01. The van der Waals surface area contributed by atoms with Gasteiger partial charge in [0.05, 0.1) is 0 Å². The quantitative estimate of drug-likeness (QED) is 0.936. The molecular weight excluding hydrogens is 306 g/mol. The molecule has 2 fully saturated rings. The van der Waals surface area contributed by atoms with Gasteiger partial charge in [-0.25, -0.2) is 4.79 Å². The highest BCUT2D eigenvalue weighted by molar-refractivity contribution is 5.75. The molecule has 7 heteroatoms. The van der Waals surface area contributed by atoms with Crippen LogP contribution in [0.15, 0.2) is 29.0 Å². The van der Waals surface area contributed by atoms with Gasteiger partial charge in [0, 0.05) is 42.5 Å². The number of urea groups is 1. The molecule has 1 N–H and O–H groups in total. The fourth-order valence-corrected chi connectivity index (χ4v) is 3.97. The summed E-state index contributed by atoms with van der Waals surface area (Å²) >= 11 is 0. The largest absolute Gasteiger partial charge is 0.339 e. The van der Waals surface area contributed by atoms with E-state index in [9.17, 15) is 4.79 Å². The smallest absolute Gasteiger partial charge is 0.317 e. The molecule has 2 aromatic heterocycles. The van der Waals surface area contributed by atoms with Crippen LogP contribution in [-0.2, 0) is 0 Å². The molecule has 2 aromatic rings. The zero-order chi connectivity index (χ0) is 16.5. The lowest BCUT2D eigenvalue weighted by Crippen LogP contribution is -2.50. The zero-order valence-electron chi connectivity index (χ0n) is 13.7. The Morgan fingerprint density at radius 1 is 1.38 bits per heavy atom. The predicted octanol–water partition coefficient (Wildman–Crippen LogP) is 2.57. The number of hydrogen-bond acceptors (Lipinski definition) is 5. The third kappa shape index (κ3) is 2.64. The number of pyridine rings is 1. The van der Waals surface area contributed by atoms with Crippen LogP contribution in [0.2, 0.25) is 0 Å². The van der Waals surface area contributed by atoms with Crippen LogP contribution in [-0.4, -0.2) is 44.7 Å². The van der Waals surface area contributed by atoms with Gasteiger partial charge in [-0.1, -0.05) is 5.16 Å². The number of fused-ring (bicyclic) bond motifs is 2. The summed E-state index contributed by atoms with van der Waals surface area (Å²) in [7, 11) is 0. The van der Waals surface area contributed by atoms with Crippen LogP contribution in [0.1, 0.15) is 44.4 Å². The minimum absolute atomic E-state index is 0.0602. The molecule has 24 heavy (non-hydrogen) atoms. The van der Waals surface area contributed by atoms with Crippen LogP contribution in [0.3, 0.4) is 0 Å². The second kappa shape index (κ2) is 6.22. The van der Waals surface area contributed by atoms with E-state index in [0.29, 0.717) is 18.3 Å². The Bertz CT molecular complexity index is 703. The van der Waals surface area contributed by atoms with Crippen molar-refractivity contribution >= 4 is 6.03 Å². The number of hydrogen-bond donors (Lipinski definition) is 1. The first-order valence-corrected chi connectivity index (χ1v) is 8.56. The van der Waals surface area contributed by atoms with E-state index in [1.54, 1.807) is 12.4 Å². The average molecular weight is 327 g/mol. The molecular formula is C17H21N5O2. The lowest BCUT2D eigenvalue weighted by molar-refractivity contribution is 0.131. The number of nitrogens with zero attached hydrogens (tertiary/aromatic N) is 4. The topological polar surface area (TPSA) is 84.2 Å². The van der Waals surface area contributed by atoms with Crippen molar-refractivity contribution in [2.75, 3.05) is 6.54 Å². The van der Waals surface area contributed by atoms with Gasteiger partial charge >= 0.3 is 6.03 Å². The third-order valence-electron chi connectivity index (χ3n) is 5.01. The highest BCUT2D eigenvalue weighted by Gasteiger charge is 2.44. The number of nitrogens with one attached hydrogen (secondary N) is 1. The number of carbonyl (C=O) groups excluding carboxylic acids is 1. The normalized spacial score (nSPS) is 25.7. The van der Waals surface area contributed by atoms with E-state index < -0.39 is 0 Å². The lowest BCUT2D eigenvalue weighted by Gasteiger charge is -2.37. The SMILES string of the molecule is CCNC(=O)N1[C@@H]2CC[C@H]1CC(c1nc(-c3cccnc3)no1)C2. The highest BCUT2D eigenvalue weighted by atomic mass is 16.5. The van der Waals surface area contributed by atoms with Gasteiger partial charge in [-0.2, -0.15) is 4.98 Å². The Morgan fingerprint density at radius 3 is 2.83 bits per heavy atom. The number of rotatable bonds is 3. The Kier molecular flexibility index (Phi) is 3.92. The fourth-order valence-electron chi connectivity index (χ4n) is 3.97. The second-order valence-electron chi connectivity index (χ2n) is 6.49. The molecule has 2 aliphatic rings. The minimum atomic E-state index is 0.0602. The Morgan fingerprint density at radius 2 is 2.17 bits per heavy atom. The average Bonchev–Trinajstić information content (AvgIpc) is 3.19. The van der Waals surface area contributed by atoms with Gasteiger partial charge in [-0.05, 0) is 44.7 Å². The molecule has 0 aliphatic carbocycles. The summed E-state index contributed by atoms with van der Waals surface area (Å²) in [4.78, 5) is 22.9. The van der Waals surface area contributed by atoms with E-state index in [1.165, 1.54) is 0 Å². The maximum atomic E-state index is 12.2. The van der Waals surface area contributed by atoms with Crippen LogP contribution in [0.4, 0.5) is 4.79 Å². The second-order valence-corrected chi connectivity index (χ2v) is 6.49. The Labute approximate surface area is 140 Å². The van der Waals surface area contributed by atoms with Gasteiger partial charge in [0.15, 0.2) is 0 Å². The van der Waals surface area contributed by atoms with Crippen molar-refractivity contribution in [2.45, 2.75) is 50.6 Å². The monoisotopic (exact) mass is 327 g/mol. The van der Waals surface area contributed by atoms with Gasteiger partial charge in [-0.3, -0.25) is 4.98 Å². The summed E-state index contributed by atoms with van der Waals surface area (Å²) in [6.45, 7) is 2.61. The molecule has 2 amide bonds. The molecule has 2 bridgehead atoms. The van der Waals surface area contributed by atoms with E-state index in [2.05, 4.69) is 20.4 Å². The van der Waals surface area contributed by atoms with E-state index in [4.69, 9.17) is 4.52 Å². The number of carbonyl (C=O) groups is 1. The number of aromatic nitrogens is 3. The molecule has 0 spiro atoms. The Balaban J connectivity index is 1.50. The summed E-state index contributed by atoms with van der Waals surface area (Å²) in [6, 6.07) is 4.38. The minimum Gasteiger partial charge on any atom is -0.339 e. The first-order chi connectivity index (χ1) is 11.8. The fraction of sp³-hybridized carbons (Fsp3) is 0.529. The van der Waals surface area contributed by atoms with Crippen LogP contribution in [0.25, 0.3) is 11.4 Å². The van der Waals surface area contributed by atoms with E-state index in [1.807, 2.05) is 24.0 Å². The van der Waals surface area contributed by atoms with Crippen molar-refractivity contribution in [1.82, 2.24) is 25.3 Å². The summed E-state index contributed by atoms with van der Waals surface area (Å²) in [5, 5.41) is 7.02. The maximum absolute atomic E-state index is 12.2. The van der Waals surface area contributed by atoms with Crippen molar-refractivity contribution in [3.8, 4) is 11.4 Å². The van der Waals surface area contributed by atoms with Crippen molar-refractivity contribution < 1.29 is 9.32 Å². The summed E-state index contributed by atoms with van der Waals surface area (Å²) < 4.78 is 5.52. The van der Waals surface area contributed by atoms with Gasteiger partial charge in [-0.15, -0.1) is 0 Å².